The first-order valence-corrected chi connectivity index (χ1v) is 6.81. The van der Waals surface area contributed by atoms with Crippen molar-refractivity contribution < 1.29 is 19.0 Å². The number of aliphatic carboxylic acids is 1. The Hall–Kier alpha value is -1.85. The summed E-state index contributed by atoms with van der Waals surface area (Å²) in [5.41, 5.74) is 0.455. The highest BCUT2D eigenvalue weighted by Crippen LogP contribution is 2.24. The molecule has 0 saturated carbocycles. The minimum atomic E-state index is -1.08. The van der Waals surface area contributed by atoms with Gasteiger partial charge in [0.1, 0.15) is 6.61 Å². The molecule has 0 aliphatic rings. The molecule has 1 aromatic carbocycles. The van der Waals surface area contributed by atoms with Gasteiger partial charge in [0.05, 0.1) is 4.34 Å². The SMILES string of the molecule is O=C(O)/C=C/c1ccc(OCc2ccc(Cl)s2)c(F)c1. The Labute approximate surface area is 123 Å². The lowest BCUT2D eigenvalue weighted by molar-refractivity contribution is -0.131. The Morgan fingerprint density at radius 3 is 2.80 bits per heavy atom. The number of carboxylic acids is 1. The van der Waals surface area contributed by atoms with E-state index in [9.17, 15) is 9.18 Å². The predicted molar refractivity (Wildman–Crippen MR) is 76.7 cm³/mol. The summed E-state index contributed by atoms with van der Waals surface area (Å²) in [6.07, 6.45) is 2.26. The molecule has 0 aliphatic carbocycles. The lowest BCUT2D eigenvalue weighted by Crippen LogP contribution is -1.95. The van der Waals surface area contributed by atoms with E-state index in [2.05, 4.69) is 0 Å². The third-order valence-corrected chi connectivity index (χ3v) is 3.58. The van der Waals surface area contributed by atoms with E-state index in [1.807, 2.05) is 6.07 Å². The molecule has 0 atom stereocenters. The van der Waals surface area contributed by atoms with Gasteiger partial charge in [-0.3, -0.25) is 0 Å². The first-order chi connectivity index (χ1) is 9.54. The van der Waals surface area contributed by atoms with Crippen molar-refractivity contribution in [3.8, 4) is 5.75 Å². The van der Waals surface area contributed by atoms with Crippen LogP contribution in [0.3, 0.4) is 0 Å². The highest BCUT2D eigenvalue weighted by atomic mass is 35.5. The fourth-order valence-electron chi connectivity index (χ4n) is 1.48. The third-order valence-electron chi connectivity index (χ3n) is 2.37. The number of rotatable bonds is 5. The van der Waals surface area contributed by atoms with Crippen LogP contribution < -0.4 is 4.74 Å². The van der Waals surface area contributed by atoms with Gasteiger partial charge in [-0.1, -0.05) is 17.7 Å². The maximum Gasteiger partial charge on any atom is 0.328 e. The fourth-order valence-corrected chi connectivity index (χ4v) is 2.48. The summed E-state index contributed by atoms with van der Waals surface area (Å²) >= 11 is 7.16. The quantitative estimate of drug-likeness (QED) is 0.841. The molecule has 0 unspecified atom stereocenters. The molecule has 3 nitrogen and oxygen atoms in total. The summed E-state index contributed by atoms with van der Waals surface area (Å²) in [5.74, 6) is -1.51. The molecule has 1 N–H and O–H groups in total. The van der Waals surface area contributed by atoms with Crippen molar-refractivity contribution in [2.45, 2.75) is 6.61 Å². The van der Waals surface area contributed by atoms with Gasteiger partial charge >= 0.3 is 5.97 Å². The summed E-state index contributed by atoms with van der Waals surface area (Å²) in [5, 5.41) is 8.50. The van der Waals surface area contributed by atoms with Crippen LogP contribution in [0.2, 0.25) is 4.34 Å². The number of thiophene rings is 1. The van der Waals surface area contributed by atoms with E-state index in [4.69, 9.17) is 21.4 Å². The normalized spacial score (nSPS) is 10.9. The average molecular weight is 313 g/mol. The summed E-state index contributed by atoms with van der Waals surface area (Å²) in [7, 11) is 0. The summed E-state index contributed by atoms with van der Waals surface area (Å²) in [6, 6.07) is 7.83. The van der Waals surface area contributed by atoms with E-state index in [0.29, 0.717) is 9.90 Å². The minimum absolute atomic E-state index is 0.113. The second-order valence-corrected chi connectivity index (χ2v) is 5.66. The van der Waals surface area contributed by atoms with Crippen molar-refractivity contribution in [2.24, 2.45) is 0 Å². The first kappa shape index (κ1) is 14.6. The molecule has 2 aromatic rings. The van der Waals surface area contributed by atoms with Crippen molar-refractivity contribution in [1.82, 2.24) is 0 Å². The largest absolute Gasteiger partial charge is 0.485 e. The van der Waals surface area contributed by atoms with Crippen molar-refractivity contribution in [3.63, 3.8) is 0 Å². The molecule has 0 fully saturated rings. The molecule has 0 spiro atoms. The van der Waals surface area contributed by atoms with Gasteiger partial charge in [-0.05, 0) is 35.9 Å². The highest BCUT2D eigenvalue weighted by Gasteiger charge is 2.05. The molecule has 0 radical (unpaired) electrons. The second-order valence-electron chi connectivity index (χ2n) is 3.86. The molecule has 0 saturated heterocycles. The molecule has 20 heavy (non-hydrogen) atoms. The van der Waals surface area contributed by atoms with E-state index in [1.54, 1.807) is 12.1 Å². The van der Waals surface area contributed by atoms with Crippen LogP contribution in [0.4, 0.5) is 4.39 Å². The van der Waals surface area contributed by atoms with Crippen molar-refractivity contribution >= 4 is 35.0 Å². The molecular weight excluding hydrogens is 303 g/mol. The van der Waals surface area contributed by atoms with Crippen LogP contribution in [-0.4, -0.2) is 11.1 Å². The standard InChI is InChI=1S/C14H10ClFO3S/c15-13-5-3-10(20-13)8-19-12-4-1-9(7-11(12)16)2-6-14(17)18/h1-7H,8H2,(H,17,18)/b6-2+. The van der Waals surface area contributed by atoms with E-state index >= 15 is 0 Å². The van der Waals surface area contributed by atoms with Crippen LogP contribution >= 0.6 is 22.9 Å². The Bertz CT molecular complexity index is 652. The van der Waals surface area contributed by atoms with E-state index in [-0.39, 0.29) is 12.4 Å². The van der Waals surface area contributed by atoms with Gasteiger partial charge in [0.2, 0.25) is 0 Å². The van der Waals surface area contributed by atoms with Crippen molar-refractivity contribution in [2.75, 3.05) is 0 Å². The van der Waals surface area contributed by atoms with Gasteiger partial charge in [0.25, 0.3) is 0 Å². The molecule has 2 rings (SSSR count). The van der Waals surface area contributed by atoms with Gasteiger partial charge in [-0.2, -0.15) is 0 Å². The summed E-state index contributed by atoms with van der Waals surface area (Å²) in [4.78, 5) is 11.3. The van der Waals surface area contributed by atoms with Crippen LogP contribution in [0, 0.1) is 5.82 Å². The Morgan fingerprint density at radius 1 is 1.40 bits per heavy atom. The zero-order valence-corrected chi connectivity index (χ0v) is 11.7. The number of ether oxygens (including phenoxy) is 1. The van der Waals surface area contributed by atoms with Gasteiger partial charge in [-0.15, -0.1) is 11.3 Å². The van der Waals surface area contributed by atoms with Gasteiger partial charge in [-0.25, -0.2) is 9.18 Å². The summed E-state index contributed by atoms with van der Waals surface area (Å²) < 4.78 is 19.8. The molecule has 0 bridgehead atoms. The molecule has 1 aromatic heterocycles. The average Bonchev–Trinajstić information content (AvgIpc) is 2.81. The molecule has 0 aliphatic heterocycles. The number of hydrogen-bond acceptors (Lipinski definition) is 3. The van der Waals surface area contributed by atoms with Crippen LogP contribution in [0.1, 0.15) is 10.4 Å². The second kappa shape index (κ2) is 6.54. The van der Waals surface area contributed by atoms with Gasteiger partial charge < -0.3 is 9.84 Å². The van der Waals surface area contributed by atoms with Crippen LogP contribution in [-0.2, 0) is 11.4 Å². The molecular formula is C14H10ClFO3S. The number of benzene rings is 1. The molecule has 0 amide bonds. The molecule has 104 valence electrons. The topological polar surface area (TPSA) is 46.5 Å². The zero-order chi connectivity index (χ0) is 14.5. The Balaban J connectivity index is 2.04. The number of halogens is 2. The predicted octanol–water partition coefficient (Wildman–Crippen LogP) is 4.22. The van der Waals surface area contributed by atoms with Crippen LogP contribution in [0.15, 0.2) is 36.4 Å². The fraction of sp³-hybridized carbons (Fsp3) is 0.0714. The van der Waals surface area contributed by atoms with Crippen molar-refractivity contribution in [1.29, 1.82) is 0 Å². The van der Waals surface area contributed by atoms with E-state index < -0.39 is 11.8 Å². The summed E-state index contributed by atoms with van der Waals surface area (Å²) in [6.45, 7) is 0.235. The molecule has 1 heterocycles. The van der Waals surface area contributed by atoms with Gasteiger partial charge in [0, 0.05) is 11.0 Å². The van der Waals surface area contributed by atoms with Crippen LogP contribution in [0.5, 0.6) is 5.75 Å². The lowest BCUT2D eigenvalue weighted by atomic mass is 10.2. The third kappa shape index (κ3) is 4.08. The lowest BCUT2D eigenvalue weighted by Gasteiger charge is -2.06. The number of hydrogen-bond donors (Lipinski definition) is 1. The van der Waals surface area contributed by atoms with Gasteiger partial charge in [0.15, 0.2) is 11.6 Å². The Kier molecular flexibility index (Phi) is 4.76. The molecule has 6 heteroatoms. The first-order valence-electron chi connectivity index (χ1n) is 5.62. The highest BCUT2D eigenvalue weighted by molar-refractivity contribution is 7.16. The maximum atomic E-state index is 13.8. The zero-order valence-electron chi connectivity index (χ0n) is 10.2. The number of carbonyl (C=O) groups is 1. The smallest absolute Gasteiger partial charge is 0.328 e. The van der Waals surface area contributed by atoms with E-state index in [1.165, 1.54) is 29.5 Å². The Morgan fingerprint density at radius 2 is 2.20 bits per heavy atom. The van der Waals surface area contributed by atoms with Crippen LogP contribution in [0.25, 0.3) is 6.08 Å². The number of carboxylic acid groups (broad SMARTS) is 1. The maximum absolute atomic E-state index is 13.8. The van der Waals surface area contributed by atoms with Crippen molar-refractivity contribution in [3.05, 3.63) is 57.0 Å². The minimum Gasteiger partial charge on any atom is -0.485 e. The monoisotopic (exact) mass is 312 g/mol. The van der Waals surface area contributed by atoms with E-state index in [0.717, 1.165) is 11.0 Å².